The van der Waals surface area contributed by atoms with E-state index in [2.05, 4.69) is 10.1 Å². The molecule has 0 unspecified atom stereocenters. The lowest BCUT2D eigenvalue weighted by Crippen LogP contribution is -2.12. The van der Waals surface area contributed by atoms with Crippen molar-refractivity contribution >= 4 is 0 Å². The smallest absolute Gasteiger partial charge is 0.138 e. The Morgan fingerprint density at radius 3 is 2.81 bits per heavy atom. The Labute approximate surface area is 94.3 Å². The Kier molecular flexibility index (Phi) is 2.78. The molecule has 1 atom stereocenters. The van der Waals surface area contributed by atoms with Crippen LogP contribution in [0.3, 0.4) is 0 Å². The van der Waals surface area contributed by atoms with Crippen LogP contribution in [-0.4, -0.2) is 14.7 Å². The van der Waals surface area contributed by atoms with Gasteiger partial charge >= 0.3 is 0 Å². The van der Waals surface area contributed by atoms with E-state index in [9.17, 15) is 0 Å². The van der Waals surface area contributed by atoms with E-state index in [1.54, 1.807) is 12.5 Å². The maximum Gasteiger partial charge on any atom is 0.138 e. The maximum atomic E-state index is 5.86. The van der Waals surface area contributed by atoms with Crippen molar-refractivity contribution in [2.24, 2.45) is 5.73 Å². The van der Waals surface area contributed by atoms with Crippen LogP contribution in [-0.2, 0) is 6.54 Å². The van der Waals surface area contributed by atoms with Gasteiger partial charge in [-0.15, -0.1) is 0 Å². The maximum absolute atomic E-state index is 5.86. The number of rotatable bonds is 3. The Balaban J connectivity index is 2.31. The van der Waals surface area contributed by atoms with Crippen LogP contribution in [0, 0.1) is 13.8 Å². The number of hydrogen-bond acceptors (Lipinski definition) is 4. The molecule has 0 aliphatic rings. The molecule has 86 valence electrons. The molecule has 0 spiro atoms. The van der Waals surface area contributed by atoms with Crippen LogP contribution in [0.2, 0.25) is 0 Å². The number of aromatic nitrogens is 3. The first-order valence-electron chi connectivity index (χ1n) is 5.27. The average Bonchev–Trinajstić information content (AvgIpc) is 2.80. The zero-order valence-electron chi connectivity index (χ0n) is 9.77. The lowest BCUT2D eigenvalue weighted by molar-refractivity contribution is 0.392. The van der Waals surface area contributed by atoms with Gasteiger partial charge in [0.25, 0.3) is 0 Å². The first kappa shape index (κ1) is 10.9. The second-order valence-electron chi connectivity index (χ2n) is 4.04. The van der Waals surface area contributed by atoms with Gasteiger partial charge in [0.1, 0.15) is 5.76 Å². The van der Waals surface area contributed by atoms with Gasteiger partial charge in [0.05, 0.1) is 24.3 Å². The third-order valence-corrected chi connectivity index (χ3v) is 2.72. The third-order valence-electron chi connectivity index (χ3n) is 2.72. The van der Waals surface area contributed by atoms with E-state index in [1.807, 2.05) is 25.3 Å². The van der Waals surface area contributed by atoms with Crippen molar-refractivity contribution < 1.29 is 4.52 Å². The summed E-state index contributed by atoms with van der Waals surface area (Å²) in [7, 11) is 0. The van der Waals surface area contributed by atoms with E-state index in [4.69, 9.17) is 10.3 Å². The molecule has 0 amide bonds. The van der Waals surface area contributed by atoms with Crippen molar-refractivity contribution in [1.29, 1.82) is 0 Å². The minimum Gasteiger partial charge on any atom is -0.361 e. The molecule has 0 bridgehead atoms. The molecule has 0 fully saturated rings. The Bertz CT molecular complexity index is 464. The fourth-order valence-electron chi connectivity index (χ4n) is 1.74. The number of aryl methyl sites for hydroxylation is 2. The van der Waals surface area contributed by atoms with Gasteiger partial charge in [-0.25, -0.2) is 4.98 Å². The van der Waals surface area contributed by atoms with Gasteiger partial charge in [-0.3, -0.25) is 0 Å². The summed E-state index contributed by atoms with van der Waals surface area (Å²) in [5.74, 6) is 0.849. The van der Waals surface area contributed by atoms with Gasteiger partial charge in [0.15, 0.2) is 0 Å². The first-order chi connectivity index (χ1) is 7.59. The van der Waals surface area contributed by atoms with E-state index in [-0.39, 0.29) is 6.04 Å². The van der Waals surface area contributed by atoms with Gasteiger partial charge < -0.3 is 14.8 Å². The molecule has 2 rings (SSSR count). The minimum absolute atomic E-state index is 0.0250. The molecule has 0 saturated carbocycles. The van der Waals surface area contributed by atoms with Crippen LogP contribution in [0.25, 0.3) is 0 Å². The highest BCUT2D eigenvalue weighted by Crippen LogP contribution is 2.16. The molecule has 2 heterocycles. The zero-order valence-corrected chi connectivity index (χ0v) is 9.77. The minimum atomic E-state index is -0.0250. The number of nitrogens with zero attached hydrogens (tertiary/aromatic N) is 3. The highest BCUT2D eigenvalue weighted by atomic mass is 16.5. The summed E-state index contributed by atoms with van der Waals surface area (Å²) >= 11 is 0. The van der Waals surface area contributed by atoms with Crippen LogP contribution in [0.15, 0.2) is 17.0 Å². The predicted octanol–water partition coefficient (Wildman–Crippen LogP) is 1.56. The molecule has 16 heavy (non-hydrogen) atoms. The van der Waals surface area contributed by atoms with Crippen molar-refractivity contribution in [3.05, 3.63) is 35.2 Å². The second kappa shape index (κ2) is 4.09. The molecule has 0 aliphatic carbocycles. The third kappa shape index (κ3) is 1.86. The summed E-state index contributed by atoms with van der Waals surface area (Å²) < 4.78 is 7.15. The molecule has 0 saturated heterocycles. The molecule has 2 aromatic rings. The summed E-state index contributed by atoms with van der Waals surface area (Å²) in [4.78, 5) is 4.12. The van der Waals surface area contributed by atoms with Crippen LogP contribution in [0.1, 0.15) is 35.7 Å². The quantitative estimate of drug-likeness (QED) is 0.852. The molecule has 5 heteroatoms. The molecule has 5 nitrogen and oxygen atoms in total. The fraction of sp³-hybridized carbons (Fsp3) is 0.455. The van der Waals surface area contributed by atoms with E-state index in [0.29, 0.717) is 6.54 Å². The normalized spacial score (nSPS) is 13.0. The summed E-state index contributed by atoms with van der Waals surface area (Å²) in [6.45, 7) is 6.50. The van der Waals surface area contributed by atoms with Gasteiger partial charge in [0, 0.05) is 17.8 Å². The van der Waals surface area contributed by atoms with Crippen LogP contribution in [0.5, 0.6) is 0 Å². The Morgan fingerprint density at radius 1 is 1.50 bits per heavy atom. The predicted molar refractivity (Wildman–Crippen MR) is 59.9 cm³/mol. The number of hydrogen-bond donors (Lipinski definition) is 1. The lowest BCUT2D eigenvalue weighted by atomic mass is 10.2. The largest absolute Gasteiger partial charge is 0.361 e. The second-order valence-corrected chi connectivity index (χ2v) is 4.04. The molecular weight excluding hydrogens is 204 g/mol. The average molecular weight is 220 g/mol. The standard InChI is InChI=1S/C11H16N4O/c1-7(12)11-4-13-6-15(11)5-10-8(2)14-16-9(10)3/h4,6-7H,5,12H2,1-3H3/t7-/m1/s1. The number of nitrogens with two attached hydrogens (primary N) is 1. The Morgan fingerprint density at radius 2 is 2.25 bits per heavy atom. The summed E-state index contributed by atoms with van der Waals surface area (Å²) in [6, 6.07) is -0.0250. The van der Waals surface area contributed by atoms with Crippen molar-refractivity contribution in [1.82, 2.24) is 14.7 Å². The van der Waals surface area contributed by atoms with Gasteiger partial charge in [-0.05, 0) is 20.8 Å². The Hall–Kier alpha value is -1.62. The molecule has 0 aliphatic heterocycles. The van der Waals surface area contributed by atoms with Crippen molar-refractivity contribution in [2.75, 3.05) is 0 Å². The highest BCUT2D eigenvalue weighted by molar-refractivity contribution is 5.22. The number of imidazole rings is 1. The molecule has 0 radical (unpaired) electrons. The van der Waals surface area contributed by atoms with Crippen LogP contribution >= 0.6 is 0 Å². The highest BCUT2D eigenvalue weighted by Gasteiger charge is 2.12. The van der Waals surface area contributed by atoms with Crippen molar-refractivity contribution in [3.63, 3.8) is 0 Å². The SMILES string of the molecule is Cc1noc(C)c1Cn1cncc1[C@@H](C)N. The van der Waals surface area contributed by atoms with Crippen molar-refractivity contribution in [3.8, 4) is 0 Å². The lowest BCUT2D eigenvalue weighted by Gasteiger charge is -2.10. The molecule has 2 N–H and O–H groups in total. The van der Waals surface area contributed by atoms with E-state index >= 15 is 0 Å². The zero-order chi connectivity index (χ0) is 11.7. The van der Waals surface area contributed by atoms with Gasteiger partial charge in [0.2, 0.25) is 0 Å². The molecular formula is C11H16N4O. The summed E-state index contributed by atoms with van der Waals surface area (Å²) in [5, 5.41) is 3.93. The van der Waals surface area contributed by atoms with Gasteiger partial charge in [-0.2, -0.15) is 0 Å². The summed E-state index contributed by atoms with van der Waals surface area (Å²) in [6.07, 6.45) is 3.58. The first-order valence-corrected chi connectivity index (χ1v) is 5.27. The molecule has 2 aromatic heterocycles. The van der Waals surface area contributed by atoms with Crippen LogP contribution < -0.4 is 5.73 Å². The van der Waals surface area contributed by atoms with Crippen molar-refractivity contribution in [2.45, 2.75) is 33.4 Å². The summed E-state index contributed by atoms with van der Waals surface area (Å²) in [5.41, 5.74) is 8.89. The van der Waals surface area contributed by atoms with E-state index in [0.717, 1.165) is 22.7 Å². The van der Waals surface area contributed by atoms with E-state index in [1.165, 1.54) is 0 Å². The molecule has 0 aromatic carbocycles. The van der Waals surface area contributed by atoms with Gasteiger partial charge in [-0.1, -0.05) is 5.16 Å². The topological polar surface area (TPSA) is 69.9 Å². The van der Waals surface area contributed by atoms with Crippen LogP contribution in [0.4, 0.5) is 0 Å². The van der Waals surface area contributed by atoms with E-state index < -0.39 is 0 Å². The monoisotopic (exact) mass is 220 g/mol. The fourth-order valence-corrected chi connectivity index (χ4v) is 1.74.